The minimum absolute atomic E-state index is 0.110. The molecule has 0 fully saturated rings. The molecule has 4 aromatic rings. The zero-order valence-electron chi connectivity index (χ0n) is 18.6. The van der Waals surface area contributed by atoms with Crippen molar-refractivity contribution in [2.24, 2.45) is 0 Å². The highest BCUT2D eigenvalue weighted by molar-refractivity contribution is 7.99. The number of hydrogen-bond donors (Lipinski definition) is 0. The van der Waals surface area contributed by atoms with Crippen LogP contribution in [0.25, 0.3) is 22.4 Å². The Morgan fingerprint density at radius 1 is 0.941 bits per heavy atom. The van der Waals surface area contributed by atoms with Crippen LogP contribution in [-0.4, -0.2) is 23.2 Å². The van der Waals surface area contributed by atoms with E-state index >= 15 is 0 Å². The van der Waals surface area contributed by atoms with Crippen LogP contribution in [0, 0.1) is 11.3 Å². The van der Waals surface area contributed by atoms with Crippen molar-refractivity contribution in [2.75, 3.05) is 17.2 Å². The number of rotatable bonds is 6. The number of carbonyl (C=O) groups is 1. The van der Waals surface area contributed by atoms with Gasteiger partial charge in [-0.25, -0.2) is 4.98 Å². The van der Waals surface area contributed by atoms with Crippen LogP contribution in [0.3, 0.4) is 0 Å². The standard InChI is InChI=1S/C29H23N3OS/c30-20-25-24(21-9-3-1-4-10-21)19-26(22-11-5-2-6-12-22)31-29(25)34-18-16-28(33)32-17-15-23-13-7-8-14-27(23)32/h1-14,19H,15-18H2. The van der Waals surface area contributed by atoms with Gasteiger partial charge in [0, 0.05) is 35.5 Å². The lowest BCUT2D eigenvalue weighted by Gasteiger charge is -2.17. The van der Waals surface area contributed by atoms with Crippen LogP contribution >= 0.6 is 11.8 Å². The molecule has 34 heavy (non-hydrogen) atoms. The largest absolute Gasteiger partial charge is 0.312 e. The fourth-order valence-electron chi connectivity index (χ4n) is 4.30. The maximum Gasteiger partial charge on any atom is 0.227 e. The van der Waals surface area contributed by atoms with Crippen molar-refractivity contribution < 1.29 is 4.79 Å². The number of pyridine rings is 1. The molecule has 1 aliphatic heterocycles. The van der Waals surface area contributed by atoms with E-state index in [1.807, 2.05) is 89.8 Å². The lowest BCUT2D eigenvalue weighted by atomic mass is 9.99. The minimum atomic E-state index is 0.110. The summed E-state index contributed by atoms with van der Waals surface area (Å²) < 4.78 is 0. The molecule has 0 saturated heterocycles. The Morgan fingerprint density at radius 3 is 2.35 bits per heavy atom. The Morgan fingerprint density at radius 2 is 1.62 bits per heavy atom. The van der Waals surface area contributed by atoms with Crippen LogP contribution in [-0.2, 0) is 11.2 Å². The van der Waals surface area contributed by atoms with Gasteiger partial charge < -0.3 is 4.90 Å². The summed E-state index contributed by atoms with van der Waals surface area (Å²) in [5.74, 6) is 0.671. The normalized spacial score (nSPS) is 12.3. The highest BCUT2D eigenvalue weighted by Crippen LogP contribution is 2.35. The van der Waals surface area contributed by atoms with Crippen LogP contribution < -0.4 is 4.90 Å². The number of thioether (sulfide) groups is 1. The van der Waals surface area contributed by atoms with Crippen molar-refractivity contribution in [3.8, 4) is 28.5 Å². The Bertz CT molecular complexity index is 1360. The lowest BCUT2D eigenvalue weighted by molar-refractivity contribution is -0.118. The predicted molar refractivity (Wildman–Crippen MR) is 138 cm³/mol. The average molecular weight is 462 g/mol. The van der Waals surface area contributed by atoms with Gasteiger partial charge in [0.2, 0.25) is 5.91 Å². The first-order valence-electron chi connectivity index (χ1n) is 11.3. The number of carbonyl (C=O) groups excluding carboxylic acids is 1. The SMILES string of the molecule is N#Cc1c(-c2ccccc2)cc(-c2ccccc2)nc1SCCC(=O)N1CCc2ccccc21. The van der Waals surface area contributed by atoms with Crippen LogP contribution in [0.15, 0.2) is 96.0 Å². The fourth-order valence-corrected chi connectivity index (χ4v) is 5.24. The van der Waals surface area contributed by atoms with E-state index in [0.717, 1.165) is 41.0 Å². The Kier molecular flexibility index (Phi) is 6.42. The summed E-state index contributed by atoms with van der Waals surface area (Å²) >= 11 is 1.48. The second kappa shape index (κ2) is 9.94. The van der Waals surface area contributed by atoms with Crippen molar-refractivity contribution in [1.29, 1.82) is 5.26 Å². The molecule has 2 heterocycles. The molecule has 1 aromatic heterocycles. The van der Waals surface area contributed by atoms with E-state index in [2.05, 4.69) is 12.1 Å². The van der Waals surface area contributed by atoms with Crippen molar-refractivity contribution in [3.63, 3.8) is 0 Å². The van der Waals surface area contributed by atoms with E-state index in [-0.39, 0.29) is 5.91 Å². The van der Waals surface area contributed by atoms with Gasteiger partial charge in [-0.05, 0) is 29.7 Å². The topological polar surface area (TPSA) is 57.0 Å². The number of aromatic nitrogens is 1. The van der Waals surface area contributed by atoms with E-state index in [1.54, 1.807) is 0 Å². The van der Waals surface area contributed by atoms with Gasteiger partial charge in [0.15, 0.2) is 0 Å². The van der Waals surface area contributed by atoms with Gasteiger partial charge in [-0.1, -0.05) is 78.9 Å². The fraction of sp³-hybridized carbons (Fsp3) is 0.138. The smallest absolute Gasteiger partial charge is 0.227 e. The molecule has 166 valence electrons. The summed E-state index contributed by atoms with van der Waals surface area (Å²) in [7, 11) is 0. The first-order valence-corrected chi connectivity index (χ1v) is 12.3. The van der Waals surface area contributed by atoms with Crippen molar-refractivity contribution in [1.82, 2.24) is 4.98 Å². The van der Waals surface area contributed by atoms with Gasteiger partial charge >= 0.3 is 0 Å². The van der Waals surface area contributed by atoms with Crippen molar-refractivity contribution >= 4 is 23.4 Å². The molecule has 3 aromatic carbocycles. The van der Waals surface area contributed by atoms with Crippen molar-refractivity contribution in [3.05, 3.63) is 102 Å². The van der Waals surface area contributed by atoms with Gasteiger partial charge in [-0.2, -0.15) is 5.26 Å². The van der Waals surface area contributed by atoms with E-state index in [9.17, 15) is 10.1 Å². The highest BCUT2D eigenvalue weighted by Gasteiger charge is 2.24. The van der Waals surface area contributed by atoms with Crippen LogP contribution in [0.5, 0.6) is 0 Å². The maximum atomic E-state index is 13.0. The molecule has 1 aliphatic rings. The molecule has 0 bridgehead atoms. The number of anilines is 1. The molecule has 0 N–H and O–H groups in total. The van der Waals surface area contributed by atoms with Gasteiger partial charge in [-0.3, -0.25) is 4.79 Å². The molecular weight excluding hydrogens is 438 g/mol. The van der Waals surface area contributed by atoms with E-state index in [1.165, 1.54) is 17.3 Å². The summed E-state index contributed by atoms with van der Waals surface area (Å²) in [6.45, 7) is 0.728. The molecule has 0 saturated carbocycles. The molecular formula is C29H23N3OS. The second-order valence-corrected chi connectivity index (χ2v) is 9.19. The van der Waals surface area contributed by atoms with E-state index in [4.69, 9.17) is 4.98 Å². The summed E-state index contributed by atoms with van der Waals surface area (Å²) in [5.41, 5.74) is 6.45. The zero-order chi connectivity index (χ0) is 23.3. The summed E-state index contributed by atoms with van der Waals surface area (Å²) in [6, 6.07) is 32.3. The molecule has 0 spiro atoms. The summed E-state index contributed by atoms with van der Waals surface area (Å²) in [5, 5.41) is 10.7. The van der Waals surface area contributed by atoms with Gasteiger partial charge in [-0.15, -0.1) is 11.8 Å². The number of fused-ring (bicyclic) bond motifs is 1. The van der Waals surface area contributed by atoms with E-state index in [0.29, 0.717) is 22.8 Å². The Labute approximate surface area is 203 Å². The van der Waals surface area contributed by atoms with Crippen LogP contribution in [0.2, 0.25) is 0 Å². The average Bonchev–Trinajstić information content (AvgIpc) is 3.33. The molecule has 0 radical (unpaired) electrons. The van der Waals surface area contributed by atoms with E-state index < -0.39 is 0 Å². The third kappa shape index (κ3) is 4.46. The summed E-state index contributed by atoms with van der Waals surface area (Å²) in [4.78, 5) is 19.7. The molecule has 4 nitrogen and oxygen atoms in total. The van der Waals surface area contributed by atoms with Crippen LogP contribution in [0.4, 0.5) is 5.69 Å². The van der Waals surface area contributed by atoms with Crippen molar-refractivity contribution in [2.45, 2.75) is 17.9 Å². The number of nitrogens with zero attached hydrogens (tertiary/aromatic N) is 3. The Hall–Kier alpha value is -3.88. The molecule has 0 unspecified atom stereocenters. The quantitative estimate of drug-likeness (QED) is 0.314. The molecule has 5 heteroatoms. The predicted octanol–water partition coefficient (Wildman–Crippen LogP) is 6.36. The summed E-state index contributed by atoms with van der Waals surface area (Å²) in [6.07, 6.45) is 1.29. The number of benzene rings is 3. The molecule has 0 aliphatic carbocycles. The number of para-hydroxylation sites is 1. The monoisotopic (exact) mass is 461 g/mol. The number of nitriles is 1. The number of amides is 1. The highest BCUT2D eigenvalue weighted by atomic mass is 32.2. The van der Waals surface area contributed by atoms with Crippen LogP contribution in [0.1, 0.15) is 17.5 Å². The second-order valence-electron chi connectivity index (χ2n) is 8.10. The maximum absolute atomic E-state index is 13.0. The third-order valence-corrected chi connectivity index (χ3v) is 6.97. The first-order chi connectivity index (χ1) is 16.7. The number of hydrogen-bond acceptors (Lipinski definition) is 4. The zero-order valence-corrected chi connectivity index (χ0v) is 19.5. The molecule has 1 amide bonds. The van der Waals surface area contributed by atoms with Gasteiger partial charge in [0.25, 0.3) is 0 Å². The minimum Gasteiger partial charge on any atom is -0.312 e. The molecule has 5 rings (SSSR count). The third-order valence-electron chi connectivity index (χ3n) is 6.00. The van der Waals surface area contributed by atoms with Gasteiger partial charge in [0.1, 0.15) is 11.1 Å². The Balaban J connectivity index is 1.42. The lowest BCUT2D eigenvalue weighted by Crippen LogP contribution is -2.29. The molecule has 0 atom stereocenters. The first kappa shape index (κ1) is 21.9. The van der Waals surface area contributed by atoms with Gasteiger partial charge in [0.05, 0.1) is 11.3 Å².